The van der Waals surface area contributed by atoms with E-state index in [9.17, 15) is 13.2 Å². The Hall–Kier alpha value is -2.90. The molecule has 0 bridgehead atoms. The van der Waals surface area contributed by atoms with E-state index in [1.807, 2.05) is 36.6 Å². The molecule has 6 nitrogen and oxygen atoms in total. The molecule has 1 aliphatic heterocycles. The number of rotatable bonds is 5. The molecule has 156 valence electrons. The molecule has 0 saturated carbocycles. The molecule has 1 aliphatic rings. The summed E-state index contributed by atoms with van der Waals surface area (Å²) >= 11 is 0. The number of aromatic nitrogens is 1. The molecule has 0 aliphatic carbocycles. The second-order valence-electron chi connectivity index (χ2n) is 7.89. The van der Waals surface area contributed by atoms with E-state index < -0.39 is 10.0 Å². The minimum absolute atomic E-state index is 0.0618. The van der Waals surface area contributed by atoms with E-state index in [1.54, 1.807) is 12.1 Å². The number of ketones is 1. The minimum Gasteiger partial charge on any atom is -0.361 e. The Kier molecular flexibility index (Phi) is 5.03. The van der Waals surface area contributed by atoms with Crippen LogP contribution in [0.1, 0.15) is 34.2 Å². The zero-order valence-corrected chi connectivity index (χ0v) is 18.1. The van der Waals surface area contributed by atoms with Crippen molar-refractivity contribution in [3.05, 3.63) is 77.1 Å². The standard InChI is InChI=1S/C23H25N3O3S/c1-15-12-18-6-4-5-7-22(18)25(15)14-23(27)21-13-16(2)26(17(21)3)19-8-10-20(11-9-19)30(24,28)29/h4-11,13,15H,12,14H2,1-3H3,(H2,24,28,29)/t15-/m1/s1. The Bertz CT molecular complexity index is 1230. The van der Waals surface area contributed by atoms with Crippen molar-refractivity contribution in [2.24, 2.45) is 5.14 Å². The second kappa shape index (κ2) is 7.41. The molecule has 1 aromatic heterocycles. The highest BCUT2D eigenvalue weighted by Gasteiger charge is 2.28. The fourth-order valence-electron chi connectivity index (χ4n) is 4.34. The van der Waals surface area contributed by atoms with Crippen molar-refractivity contribution >= 4 is 21.5 Å². The van der Waals surface area contributed by atoms with Gasteiger partial charge in [-0.1, -0.05) is 18.2 Å². The maximum atomic E-state index is 13.2. The van der Waals surface area contributed by atoms with Gasteiger partial charge in [0.05, 0.1) is 11.4 Å². The van der Waals surface area contributed by atoms with E-state index in [1.165, 1.54) is 17.7 Å². The first-order chi connectivity index (χ1) is 14.2. The first-order valence-corrected chi connectivity index (χ1v) is 11.4. The van der Waals surface area contributed by atoms with Crippen molar-refractivity contribution in [2.45, 2.75) is 38.1 Å². The quantitative estimate of drug-likeness (QED) is 0.638. The van der Waals surface area contributed by atoms with Crippen LogP contribution in [0.5, 0.6) is 0 Å². The molecule has 0 radical (unpaired) electrons. The van der Waals surface area contributed by atoms with Crippen molar-refractivity contribution < 1.29 is 13.2 Å². The lowest BCUT2D eigenvalue weighted by Crippen LogP contribution is -2.34. The number of hydrogen-bond donors (Lipinski definition) is 1. The lowest BCUT2D eigenvalue weighted by Gasteiger charge is -2.24. The SMILES string of the molecule is Cc1cc(C(=O)CN2c3ccccc3C[C@H]2C)c(C)n1-c1ccc(S(N)(=O)=O)cc1. The Morgan fingerprint density at radius 1 is 1.10 bits per heavy atom. The van der Waals surface area contributed by atoms with Gasteiger partial charge in [-0.2, -0.15) is 0 Å². The molecule has 4 rings (SSSR count). The lowest BCUT2D eigenvalue weighted by molar-refractivity contribution is 0.0997. The number of aryl methyl sites for hydroxylation is 1. The van der Waals surface area contributed by atoms with E-state index in [0.29, 0.717) is 12.1 Å². The fourth-order valence-corrected chi connectivity index (χ4v) is 4.85. The normalized spacial score (nSPS) is 16.0. The van der Waals surface area contributed by atoms with Gasteiger partial charge in [0.1, 0.15) is 0 Å². The molecular formula is C23H25N3O3S. The number of nitrogens with zero attached hydrogens (tertiary/aromatic N) is 2. The largest absolute Gasteiger partial charge is 0.361 e. The summed E-state index contributed by atoms with van der Waals surface area (Å²) in [4.78, 5) is 15.4. The summed E-state index contributed by atoms with van der Waals surface area (Å²) in [5.41, 5.74) is 5.62. The average Bonchev–Trinajstić information content (AvgIpc) is 3.17. The molecular weight excluding hydrogens is 398 g/mol. The summed E-state index contributed by atoms with van der Waals surface area (Å²) in [6.07, 6.45) is 0.943. The van der Waals surface area contributed by atoms with Crippen LogP contribution in [0, 0.1) is 13.8 Å². The molecule has 0 spiro atoms. The van der Waals surface area contributed by atoms with Gasteiger partial charge in [0, 0.05) is 34.4 Å². The molecule has 2 N–H and O–H groups in total. The van der Waals surface area contributed by atoms with Crippen LogP contribution in [0.15, 0.2) is 59.5 Å². The Morgan fingerprint density at radius 3 is 2.43 bits per heavy atom. The van der Waals surface area contributed by atoms with Gasteiger partial charge in [-0.3, -0.25) is 4.79 Å². The zero-order valence-electron chi connectivity index (χ0n) is 17.3. The number of sulfonamides is 1. The Morgan fingerprint density at radius 2 is 1.77 bits per heavy atom. The molecule has 1 atom stereocenters. The molecule has 2 heterocycles. The second-order valence-corrected chi connectivity index (χ2v) is 9.45. The van der Waals surface area contributed by atoms with Crippen LogP contribution >= 0.6 is 0 Å². The molecule has 0 fully saturated rings. The topological polar surface area (TPSA) is 85.4 Å². The van der Waals surface area contributed by atoms with Gasteiger partial charge < -0.3 is 9.47 Å². The number of para-hydroxylation sites is 1. The van der Waals surface area contributed by atoms with E-state index in [4.69, 9.17) is 5.14 Å². The third-order valence-corrected chi connectivity index (χ3v) is 6.75. The van der Waals surface area contributed by atoms with Gasteiger partial charge in [0.15, 0.2) is 5.78 Å². The number of fused-ring (bicyclic) bond motifs is 1. The van der Waals surface area contributed by atoms with E-state index >= 15 is 0 Å². The molecule has 30 heavy (non-hydrogen) atoms. The zero-order chi connectivity index (χ0) is 21.6. The summed E-state index contributed by atoms with van der Waals surface area (Å²) in [5, 5.41) is 5.19. The molecule has 0 unspecified atom stereocenters. The van der Waals surface area contributed by atoms with Crippen molar-refractivity contribution in [2.75, 3.05) is 11.4 Å². The first-order valence-electron chi connectivity index (χ1n) is 9.86. The summed E-state index contributed by atoms with van der Waals surface area (Å²) in [6, 6.07) is 16.8. The number of primary sulfonamides is 1. The number of hydrogen-bond acceptors (Lipinski definition) is 4. The van der Waals surface area contributed by atoms with Crippen LogP contribution in [0.4, 0.5) is 5.69 Å². The fraction of sp³-hybridized carbons (Fsp3) is 0.261. The van der Waals surface area contributed by atoms with Gasteiger partial charge in [-0.05, 0) is 69.2 Å². The monoisotopic (exact) mass is 423 g/mol. The highest BCUT2D eigenvalue weighted by Crippen LogP contribution is 2.32. The van der Waals surface area contributed by atoms with Crippen molar-refractivity contribution in [1.29, 1.82) is 0 Å². The number of Topliss-reactive ketones (excluding diaryl/α,β-unsaturated/α-hetero) is 1. The summed E-state index contributed by atoms with van der Waals surface area (Å²) < 4.78 is 25.0. The van der Waals surface area contributed by atoms with Gasteiger partial charge in [-0.15, -0.1) is 0 Å². The number of anilines is 1. The Labute approximate surface area is 177 Å². The maximum absolute atomic E-state index is 13.2. The van der Waals surface area contributed by atoms with Crippen LogP contribution in [0.3, 0.4) is 0 Å². The lowest BCUT2D eigenvalue weighted by atomic mass is 10.1. The average molecular weight is 424 g/mol. The highest BCUT2D eigenvalue weighted by molar-refractivity contribution is 7.89. The summed E-state index contributed by atoms with van der Waals surface area (Å²) in [6.45, 7) is 6.32. The van der Waals surface area contributed by atoms with Crippen molar-refractivity contribution in [3.8, 4) is 5.69 Å². The summed E-state index contributed by atoms with van der Waals surface area (Å²) in [7, 11) is -3.74. The third kappa shape index (κ3) is 3.55. The highest BCUT2D eigenvalue weighted by atomic mass is 32.2. The Balaban J connectivity index is 1.63. The number of carbonyl (C=O) groups excluding carboxylic acids is 1. The van der Waals surface area contributed by atoms with E-state index in [-0.39, 0.29) is 16.7 Å². The van der Waals surface area contributed by atoms with Crippen LogP contribution in [0.2, 0.25) is 0 Å². The van der Waals surface area contributed by atoms with Gasteiger partial charge >= 0.3 is 0 Å². The molecule has 2 aromatic carbocycles. The summed E-state index contributed by atoms with van der Waals surface area (Å²) in [5.74, 6) is 0.0686. The van der Waals surface area contributed by atoms with Crippen molar-refractivity contribution in [1.82, 2.24) is 4.57 Å². The van der Waals surface area contributed by atoms with Gasteiger partial charge in [-0.25, -0.2) is 13.6 Å². The van der Waals surface area contributed by atoms with E-state index in [0.717, 1.165) is 29.2 Å². The predicted octanol–water partition coefficient (Wildman–Crippen LogP) is 3.38. The molecule has 0 amide bonds. The van der Waals surface area contributed by atoms with Crippen LogP contribution in [-0.4, -0.2) is 31.4 Å². The minimum atomic E-state index is -3.74. The van der Waals surface area contributed by atoms with E-state index in [2.05, 4.69) is 24.0 Å². The number of carbonyl (C=O) groups is 1. The number of benzene rings is 2. The molecule has 7 heteroatoms. The van der Waals surface area contributed by atoms with Crippen LogP contribution in [-0.2, 0) is 16.4 Å². The number of nitrogens with two attached hydrogens (primary N) is 1. The first kappa shape index (κ1) is 20.4. The molecule has 3 aromatic rings. The smallest absolute Gasteiger partial charge is 0.238 e. The predicted molar refractivity (Wildman–Crippen MR) is 118 cm³/mol. The third-order valence-electron chi connectivity index (χ3n) is 5.82. The van der Waals surface area contributed by atoms with Crippen molar-refractivity contribution in [3.63, 3.8) is 0 Å². The van der Waals surface area contributed by atoms with Crippen LogP contribution < -0.4 is 10.0 Å². The van der Waals surface area contributed by atoms with Gasteiger partial charge in [0.25, 0.3) is 0 Å². The molecule has 0 saturated heterocycles. The van der Waals surface area contributed by atoms with Gasteiger partial charge in [0.2, 0.25) is 10.0 Å². The maximum Gasteiger partial charge on any atom is 0.238 e. The van der Waals surface area contributed by atoms with Crippen LogP contribution in [0.25, 0.3) is 5.69 Å².